The molecular formula is C11H22N2O. The molecule has 0 aromatic heterocycles. The van der Waals surface area contributed by atoms with Crippen LogP contribution >= 0.6 is 0 Å². The van der Waals surface area contributed by atoms with Gasteiger partial charge in [-0.2, -0.15) is 0 Å². The molecule has 1 fully saturated rings. The lowest BCUT2D eigenvalue weighted by molar-refractivity contribution is -0.119. The minimum Gasteiger partial charge on any atom is -0.356 e. The van der Waals surface area contributed by atoms with Crippen molar-refractivity contribution in [1.82, 2.24) is 10.6 Å². The number of carbonyl (C=O) groups is 1. The second kappa shape index (κ2) is 6.02. The van der Waals surface area contributed by atoms with Gasteiger partial charge in [0.1, 0.15) is 0 Å². The van der Waals surface area contributed by atoms with Crippen LogP contribution in [0, 0.1) is 5.92 Å². The van der Waals surface area contributed by atoms with E-state index >= 15 is 0 Å². The molecular weight excluding hydrogens is 176 g/mol. The van der Waals surface area contributed by atoms with Crippen LogP contribution in [-0.4, -0.2) is 25.0 Å². The number of hydrogen-bond acceptors (Lipinski definition) is 2. The quantitative estimate of drug-likeness (QED) is 0.714. The second-order valence-electron chi connectivity index (χ2n) is 4.21. The fourth-order valence-corrected chi connectivity index (χ4v) is 2.15. The SMILES string of the molecule is CCNC1CCC(CNC(C)=O)CC1. The summed E-state index contributed by atoms with van der Waals surface area (Å²) in [6.07, 6.45) is 5.02. The van der Waals surface area contributed by atoms with Crippen molar-refractivity contribution >= 4 is 5.91 Å². The molecule has 0 aromatic rings. The highest BCUT2D eigenvalue weighted by Crippen LogP contribution is 2.23. The van der Waals surface area contributed by atoms with Gasteiger partial charge in [-0.15, -0.1) is 0 Å². The second-order valence-corrected chi connectivity index (χ2v) is 4.21. The van der Waals surface area contributed by atoms with Gasteiger partial charge in [-0.1, -0.05) is 6.92 Å². The van der Waals surface area contributed by atoms with Gasteiger partial charge < -0.3 is 10.6 Å². The summed E-state index contributed by atoms with van der Waals surface area (Å²) in [5, 5.41) is 6.39. The van der Waals surface area contributed by atoms with Crippen molar-refractivity contribution in [3.8, 4) is 0 Å². The van der Waals surface area contributed by atoms with E-state index in [9.17, 15) is 4.79 Å². The first-order chi connectivity index (χ1) is 6.72. The Hall–Kier alpha value is -0.570. The van der Waals surface area contributed by atoms with Crippen molar-refractivity contribution < 1.29 is 4.79 Å². The largest absolute Gasteiger partial charge is 0.356 e. The fourth-order valence-electron chi connectivity index (χ4n) is 2.15. The van der Waals surface area contributed by atoms with E-state index in [4.69, 9.17) is 0 Å². The summed E-state index contributed by atoms with van der Waals surface area (Å²) in [5.41, 5.74) is 0. The van der Waals surface area contributed by atoms with Crippen LogP contribution in [0.3, 0.4) is 0 Å². The highest BCUT2D eigenvalue weighted by molar-refractivity contribution is 5.72. The van der Waals surface area contributed by atoms with E-state index in [0.29, 0.717) is 12.0 Å². The maximum Gasteiger partial charge on any atom is 0.216 e. The smallest absolute Gasteiger partial charge is 0.216 e. The standard InChI is InChI=1S/C11H22N2O/c1-3-12-11-6-4-10(5-7-11)8-13-9(2)14/h10-12H,3-8H2,1-2H3,(H,13,14). The molecule has 1 saturated carbocycles. The van der Waals surface area contributed by atoms with Crippen LogP contribution in [0.15, 0.2) is 0 Å². The molecule has 0 atom stereocenters. The Bertz CT molecular complexity index is 174. The number of rotatable bonds is 4. The van der Waals surface area contributed by atoms with E-state index in [1.54, 1.807) is 6.92 Å². The molecule has 1 amide bonds. The molecule has 0 spiro atoms. The lowest BCUT2D eigenvalue weighted by atomic mass is 9.86. The van der Waals surface area contributed by atoms with Gasteiger partial charge in [0.2, 0.25) is 5.91 Å². The maximum absolute atomic E-state index is 10.7. The highest BCUT2D eigenvalue weighted by atomic mass is 16.1. The third-order valence-corrected chi connectivity index (χ3v) is 2.98. The molecule has 0 heterocycles. The van der Waals surface area contributed by atoms with Gasteiger partial charge in [0.25, 0.3) is 0 Å². The topological polar surface area (TPSA) is 41.1 Å². The number of hydrogen-bond donors (Lipinski definition) is 2. The number of nitrogens with one attached hydrogen (secondary N) is 2. The molecule has 3 heteroatoms. The van der Waals surface area contributed by atoms with Crippen molar-refractivity contribution in [3.63, 3.8) is 0 Å². The highest BCUT2D eigenvalue weighted by Gasteiger charge is 2.20. The zero-order valence-electron chi connectivity index (χ0n) is 9.31. The van der Waals surface area contributed by atoms with Gasteiger partial charge >= 0.3 is 0 Å². The maximum atomic E-state index is 10.7. The third-order valence-electron chi connectivity index (χ3n) is 2.98. The summed E-state index contributed by atoms with van der Waals surface area (Å²) in [4.78, 5) is 10.7. The van der Waals surface area contributed by atoms with Gasteiger partial charge in [0.15, 0.2) is 0 Å². The normalized spacial score (nSPS) is 27.3. The van der Waals surface area contributed by atoms with Crippen molar-refractivity contribution in [2.45, 2.75) is 45.6 Å². The van der Waals surface area contributed by atoms with Crippen molar-refractivity contribution in [3.05, 3.63) is 0 Å². The Balaban J connectivity index is 2.12. The number of carbonyl (C=O) groups excluding carboxylic acids is 1. The lowest BCUT2D eigenvalue weighted by Gasteiger charge is -2.28. The predicted molar refractivity (Wildman–Crippen MR) is 58.1 cm³/mol. The van der Waals surface area contributed by atoms with E-state index in [0.717, 1.165) is 13.1 Å². The van der Waals surface area contributed by atoms with Crippen LogP contribution in [0.1, 0.15) is 39.5 Å². The number of amides is 1. The molecule has 1 rings (SSSR count). The molecule has 0 radical (unpaired) electrons. The average molecular weight is 198 g/mol. The van der Waals surface area contributed by atoms with E-state index in [1.807, 2.05) is 0 Å². The van der Waals surface area contributed by atoms with Crippen LogP contribution in [-0.2, 0) is 4.79 Å². The first-order valence-electron chi connectivity index (χ1n) is 5.70. The molecule has 1 aliphatic carbocycles. The molecule has 2 N–H and O–H groups in total. The Morgan fingerprint density at radius 2 is 1.93 bits per heavy atom. The molecule has 0 saturated heterocycles. The molecule has 0 bridgehead atoms. The Morgan fingerprint density at radius 1 is 1.29 bits per heavy atom. The summed E-state index contributed by atoms with van der Waals surface area (Å²) >= 11 is 0. The average Bonchev–Trinajstić information content (AvgIpc) is 2.17. The summed E-state index contributed by atoms with van der Waals surface area (Å²) in [6.45, 7) is 5.68. The Morgan fingerprint density at radius 3 is 2.43 bits per heavy atom. The van der Waals surface area contributed by atoms with Crippen LogP contribution in [0.25, 0.3) is 0 Å². The van der Waals surface area contributed by atoms with Gasteiger partial charge in [-0.05, 0) is 38.1 Å². The molecule has 0 aliphatic heterocycles. The van der Waals surface area contributed by atoms with Crippen molar-refractivity contribution in [2.75, 3.05) is 13.1 Å². The molecule has 82 valence electrons. The minimum atomic E-state index is 0.0961. The van der Waals surface area contributed by atoms with Gasteiger partial charge in [-0.3, -0.25) is 4.79 Å². The van der Waals surface area contributed by atoms with Crippen molar-refractivity contribution in [2.24, 2.45) is 5.92 Å². The van der Waals surface area contributed by atoms with Crippen LogP contribution in [0.2, 0.25) is 0 Å². The van der Waals surface area contributed by atoms with Gasteiger partial charge in [0, 0.05) is 19.5 Å². The Kier molecular flexibility index (Phi) is 4.94. The van der Waals surface area contributed by atoms with Crippen LogP contribution in [0.4, 0.5) is 0 Å². The van der Waals surface area contributed by atoms with Crippen LogP contribution < -0.4 is 10.6 Å². The van der Waals surface area contributed by atoms with E-state index < -0.39 is 0 Å². The monoisotopic (exact) mass is 198 g/mol. The molecule has 14 heavy (non-hydrogen) atoms. The van der Waals surface area contributed by atoms with E-state index in [-0.39, 0.29) is 5.91 Å². The van der Waals surface area contributed by atoms with Gasteiger partial charge in [-0.25, -0.2) is 0 Å². The Labute approximate surface area is 86.6 Å². The van der Waals surface area contributed by atoms with Crippen LogP contribution in [0.5, 0.6) is 0 Å². The summed E-state index contributed by atoms with van der Waals surface area (Å²) in [5.74, 6) is 0.799. The third kappa shape index (κ3) is 4.09. The first-order valence-corrected chi connectivity index (χ1v) is 5.70. The predicted octanol–water partition coefficient (Wildman–Crippen LogP) is 1.29. The molecule has 1 aliphatic rings. The first kappa shape index (κ1) is 11.5. The molecule has 0 unspecified atom stereocenters. The zero-order chi connectivity index (χ0) is 10.4. The molecule has 0 aromatic carbocycles. The van der Waals surface area contributed by atoms with E-state index in [1.165, 1.54) is 25.7 Å². The summed E-state index contributed by atoms with van der Waals surface area (Å²) in [6, 6.07) is 0.716. The van der Waals surface area contributed by atoms with Gasteiger partial charge in [0.05, 0.1) is 0 Å². The van der Waals surface area contributed by atoms with Crippen molar-refractivity contribution in [1.29, 1.82) is 0 Å². The van der Waals surface area contributed by atoms with E-state index in [2.05, 4.69) is 17.6 Å². The fraction of sp³-hybridized carbons (Fsp3) is 0.909. The summed E-state index contributed by atoms with van der Waals surface area (Å²) in [7, 11) is 0. The minimum absolute atomic E-state index is 0.0961. The zero-order valence-corrected chi connectivity index (χ0v) is 9.31. The summed E-state index contributed by atoms with van der Waals surface area (Å²) < 4.78 is 0. The lowest BCUT2D eigenvalue weighted by Crippen LogP contribution is -2.36. The molecule has 3 nitrogen and oxygen atoms in total.